The van der Waals surface area contributed by atoms with Crippen molar-refractivity contribution in [1.29, 1.82) is 0 Å². The van der Waals surface area contributed by atoms with E-state index in [1.54, 1.807) is 0 Å². The Bertz CT molecular complexity index is 238. The van der Waals surface area contributed by atoms with Gasteiger partial charge in [0.2, 0.25) is 5.91 Å². The van der Waals surface area contributed by atoms with Crippen molar-refractivity contribution in [2.75, 3.05) is 6.54 Å². The highest BCUT2D eigenvalue weighted by Gasteiger charge is 2.26. The first kappa shape index (κ1) is 12.4. The van der Waals surface area contributed by atoms with Gasteiger partial charge >= 0.3 is 0 Å². The standard InChI is InChI=1S/C13H22BrNO/c14-12-8-4-7-11(12)9-15-13(16)10-5-2-1-3-6-10/h10-12H,1-9H2,(H,15,16). The summed E-state index contributed by atoms with van der Waals surface area (Å²) in [5.74, 6) is 1.28. The summed E-state index contributed by atoms with van der Waals surface area (Å²) in [6.45, 7) is 0.880. The predicted molar refractivity (Wildman–Crippen MR) is 69.6 cm³/mol. The van der Waals surface area contributed by atoms with Crippen LogP contribution in [0.1, 0.15) is 51.4 Å². The Kier molecular flexibility index (Phi) is 4.68. The van der Waals surface area contributed by atoms with Crippen LogP contribution in [0.25, 0.3) is 0 Å². The van der Waals surface area contributed by atoms with E-state index in [0.717, 1.165) is 19.4 Å². The molecule has 2 unspecified atom stereocenters. The molecule has 0 aromatic carbocycles. The molecule has 16 heavy (non-hydrogen) atoms. The number of carbonyl (C=O) groups is 1. The second kappa shape index (κ2) is 6.04. The first-order valence-electron chi connectivity index (χ1n) is 6.69. The van der Waals surface area contributed by atoms with E-state index in [9.17, 15) is 4.79 Å². The second-order valence-corrected chi connectivity index (χ2v) is 6.46. The Balaban J connectivity index is 1.70. The molecule has 2 fully saturated rings. The Morgan fingerprint density at radius 1 is 1.06 bits per heavy atom. The average molecular weight is 288 g/mol. The molecule has 0 radical (unpaired) electrons. The highest BCUT2D eigenvalue weighted by atomic mass is 79.9. The summed E-state index contributed by atoms with van der Waals surface area (Å²) in [5.41, 5.74) is 0. The first-order valence-corrected chi connectivity index (χ1v) is 7.60. The molecular formula is C13H22BrNO. The lowest BCUT2D eigenvalue weighted by Crippen LogP contribution is -2.36. The van der Waals surface area contributed by atoms with Crippen molar-refractivity contribution in [2.45, 2.75) is 56.2 Å². The second-order valence-electron chi connectivity index (χ2n) is 5.29. The summed E-state index contributed by atoms with van der Waals surface area (Å²) < 4.78 is 0. The van der Waals surface area contributed by atoms with E-state index < -0.39 is 0 Å². The fourth-order valence-electron chi connectivity index (χ4n) is 2.96. The molecule has 2 nitrogen and oxygen atoms in total. The molecule has 0 aromatic rings. The van der Waals surface area contributed by atoms with Crippen LogP contribution in [0.15, 0.2) is 0 Å². The van der Waals surface area contributed by atoms with Crippen LogP contribution in [0.3, 0.4) is 0 Å². The van der Waals surface area contributed by atoms with Gasteiger partial charge in [0, 0.05) is 17.3 Å². The van der Waals surface area contributed by atoms with E-state index in [-0.39, 0.29) is 0 Å². The molecular weight excluding hydrogens is 266 g/mol. The lowest BCUT2D eigenvalue weighted by Gasteiger charge is -2.22. The topological polar surface area (TPSA) is 29.1 Å². The number of carbonyl (C=O) groups excluding carboxylic acids is 1. The first-order chi connectivity index (χ1) is 7.77. The Labute approximate surface area is 107 Å². The van der Waals surface area contributed by atoms with Gasteiger partial charge in [-0.25, -0.2) is 0 Å². The summed E-state index contributed by atoms with van der Waals surface area (Å²) in [6.07, 6.45) is 9.84. The fraction of sp³-hybridized carbons (Fsp3) is 0.923. The maximum atomic E-state index is 11.9. The number of hydrogen-bond donors (Lipinski definition) is 1. The van der Waals surface area contributed by atoms with Gasteiger partial charge in [-0.15, -0.1) is 0 Å². The molecule has 2 aliphatic rings. The SMILES string of the molecule is O=C(NCC1CCCC1Br)C1CCCCC1. The minimum atomic E-state index is 0.309. The van der Waals surface area contributed by atoms with Crippen molar-refractivity contribution in [2.24, 2.45) is 11.8 Å². The van der Waals surface area contributed by atoms with Crippen LogP contribution in [-0.4, -0.2) is 17.3 Å². The molecule has 0 spiro atoms. The van der Waals surface area contributed by atoms with Gasteiger partial charge in [-0.1, -0.05) is 41.6 Å². The van der Waals surface area contributed by atoms with Crippen LogP contribution in [0.2, 0.25) is 0 Å². The van der Waals surface area contributed by atoms with Crippen molar-refractivity contribution in [3.05, 3.63) is 0 Å². The van der Waals surface area contributed by atoms with Crippen molar-refractivity contribution in [1.82, 2.24) is 5.32 Å². The van der Waals surface area contributed by atoms with Gasteiger partial charge in [0.05, 0.1) is 0 Å². The third-order valence-electron chi connectivity index (χ3n) is 4.08. The fourth-order valence-corrected chi connectivity index (χ4v) is 3.74. The lowest BCUT2D eigenvalue weighted by atomic mass is 9.88. The number of amides is 1. The van der Waals surface area contributed by atoms with Gasteiger partial charge in [0.15, 0.2) is 0 Å². The Morgan fingerprint density at radius 2 is 1.81 bits per heavy atom. The molecule has 2 atom stereocenters. The van der Waals surface area contributed by atoms with Gasteiger partial charge in [0.25, 0.3) is 0 Å². The van der Waals surface area contributed by atoms with E-state index in [0.29, 0.717) is 22.6 Å². The largest absolute Gasteiger partial charge is 0.356 e. The van der Waals surface area contributed by atoms with E-state index in [1.165, 1.54) is 38.5 Å². The molecule has 0 aromatic heterocycles. The van der Waals surface area contributed by atoms with Crippen LogP contribution in [0.4, 0.5) is 0 Å². The molecule has 0 bridgehead atoms. The molecule has 2 rings (SSSR count). The van der Waals surface area contributed by atoms with Gasteiger partial charge in [0.1, 0.15) is 0 Å². The smallest absolute Gasteiger partial charge is 0.223 e. The minimum absolute atomic E-state index is 0.309. The molecule has 1 amide bonds. The summed E-state index contributed by atoms with van der Waals surface area (Å²) in [6, 6.07) is 0. The van der Waals surface area contributed by atoms with E-state index in [1.807, 2.05) is 0 Å². The highest BCUT2D eigenvalue weighted by molar-refractivity contribution is 9.09. The molecule has 2 aliphatic carbocycles. The Hall–Kier alpha value is -0.0500. The number of alkyl halides is 1. The maximum absolute atomic E-state index is 11.9. The molecule has 92 valence electrons. The average Bonchev–Trinajstić information content (AvgIpc) is 2.73. The van der Waals surface area contributed by atoms with Crippen LogP contribution in [0, 0.1) is 11.8 Å². The van der Waals surface area contributed by atoms with Crippen LogP contribution in [0.5, 0.6) is 0 Å². The van der Waals surface area contributed by atoms with E-state index in [2.05, 4.69) is 21.2 Å². The molecule has 0 heterocycles. The quantitative estimate of drug-likeness (QED) is 0.794. The monoisotopic (exact) mass is 287 g/mol. The van der Waals surface area contributed by atoms with Crippen LogP contribution >= 0.6 is 15.9 Å². The molecule has 1 N–H and O–H groups in total. The molecule has 2 saturated carbocycles. The van der Waals surface area contributed by atoms with E-state index >= 15 is 0 Å². The van der Waals surface area contributed by atoms with Gasteiger partial charge in [-0.3, -0.25) is 4.79 Å². The van der Waals surface area contributed by atoms with Crippen molar-refractivity contribution in [3.63, 3.8) is 0 Å². The number of rotatable bonds is 3. The molecule has 0 saturated heterocycles. The van der Waals surface area contributed by atoms with Crippen LogP contribution in [-0.2, 0) is 4.79 Å². The maximum Gasteiger partial charge on any atom is 0.223 e. The van der Waals surface area contributed by atoms with Gasteiger partial charge in [-0.05, 0) is 31.6 Å². The number of halogens is 1. The van der Waals surface area contributed by atoms with Crippen molar-refractivity contribution >= 4 is 21.8 Å². The van der Waals surface area contributed by atoms with Crippen LogP contribution < -0.4 is 5.32 Å². The summed E-state index contributed by atoms with van der Waals surface area (Å²) in [7, 11) is 0. The minimum Gasteiger partial charge on any atom is -0.356 e. The molecule has 0 aliphatic heterocycles. The zero-order valence-electron chi connectivity index (χ0n) is 9.88. The number of nitrogens with one attached hydrogen (secondary N) is 1. The predicted octanol–water partition coefficient (Wildman–Crippen LogP) is 3.25. The summed E-state index contributed by atoms with van der Waals surface area (Å²) >= 11 is 3.70. The van der Waals surface area contributed by atoms with E-state index in [4.69, 9.17) is 0 Å². The van der Waals surface area contributed by atoms with Gasteiger partial charge < -0.3 is 5.32 Å². The Morgan fingerprint density at radius 3 is 2.44 bits per heavy atom. The molecule has 3 heteroatoms. The zero-order valence-corrected chi connectivity index (χ0v) is 11.5. The zero-order chi connectivity index (χ0) is 11.4. The van der Waals surface area contributed by atoms with Gasteiger partial charge in [-0.2, -0.15) is 0 Å². The highest BCUT2D eigenvalue weighted by Crippen LogP contribution is 2.31. The summed E-state index contributed by atoms with van der Waals surface area (Å²) in [4.78, 5) is 12.6. The van der Waals surface area contributed by atoms with Crippen molar-refractivity contribution < 1.29 is 4.79 Å². The number of hydrogen-bond acceptors (Lipinski definition) is 1. The normalized spacial score (nSPS) is 31.6. The van der Waals surface area contributed by atoms with Crippen molar-refractivity contribution in [3.8, 4) is 0 Å². The third-order valence-corrected chi connectivity index (χ3v) is 5.29. The summed E-state index contributed by atoms with van der Waals surface area (Å²) in [5, 5.41) is 3.16. The lowest BCUT2D eigenvalue weighted by molar-refractivity contribution is -0.126. The third kappa shape index (κ3) is 3.22.